The first-order chi connectivity index (χ1) is 12.5. The summed E-state index contributed by atoms with van der Waals surface area (Å²) in [6.45, 7) is 11.3. The Morgan fingerprint density at radius 1 is 1.08 bits per heavy atom. The molecule has 0 spiro atoms. The number of piperidine rings is 1. The average molecular weight is 357 g/mol. The molecule has 0 radical (unpaired) electrons. The molecule has 0 aromatic carbocycles. The minimum atomic E-state index is 0.421. The molecule has 2 fully saturated rings. The van der Waals surface area contributed by atoms with Crippen molar-refractivity contribution in [2.45, 2.75) is 71.4 Å². The standard InChI is InChI=1S/C20H32N6/c1-20(2,3)9-14-24-12-7-16(8-13-24)19-23-22-18(26(19)17-5-6-17)15-25-11-4-10-21-25/h4,10-11,16-17H,5-9,12-15H2,1-3H3. The molecule has 0 bridgehead atoms. The second-order valence-electron chi connectivity index (χ2n) is 9.21. The third kappa shape index (κ3) is 4.17. The van der Waals surface area contributed by atoms with Gasteiger partial charge in [-0.15, -0.1) is 10.2 Å². The summed E-state index contributed by atoms with van der Waals surface area (Å²) in [4.78, 5) is 2.63. The van der Waals surface area contributed by atoms with Crippen molar-refractivity contribution in [3.8, 4) is 0 Å². The van der Waals surface area contributed by atoms with Gasteiger partial charge in [0.05, 0.1) is 0 Å². The van der Waals surface area contributed by atoms with Crippen LogP contribution in [0.4, 0.5) is 0 Å². The van der Waals surface area contributed by atoms with Gasteiger partial charge in [-0.25, -0.2) is 0 Å². The Hall–Kier alpha value is -1.69. The molecule has 0 unspecified atom stereocenters. The molecule has 142 valence electrons. The number of hydrogen-bond acceptors (Lipinski definition) is 4. The maximum absolute atomic E-state index is 4.65. The molecule has 26 heavy (non-hydrogen) atoms. The highest BCUT2D eigenvalue weighted by Crippen LogP contribution is 2.40. The van der Waals surface area contributed by atoms with E-state index >= 15 is 0 Å². The summed E-state index contributed by atoms with van der Waals surface area (Å²) in [7, 11) is 0. The van der Waals surface area contributed by atoms with Gasteiger partial charge in [-0.3, -0.25) is 4.68 Å². The summed E-state index contributed by atoms with van der Waals surface area (Å²) in [6, 6.07) is 2.58. The van der Waals surface area contributed by atoms with Crippen molar-refractivity contribution in [1.29, 1.82) is 0 Å². The predicted molar refractivity (Wildman–Crippen MR) is 102 cm³/mol. The quantitative estimate of drug-likeness (QED) is 0.795. The van der Waals surface area contributed by atoms with Gasteiger partial charge in [0.25, 0.3) is 0 Å². The highest BCUT2D eigenvalue weighted by atomic mass is 15.3. The lowest BCUT2D eigenvalue weighted by molar-refractivity contribution is 0.181. The number of nitrogens with zero attached hydrogens (tertiary/aromatic N) is 6. The maximum atomic E-state index is 4.65. The van der Waals surface area contributed by atoms with Gasteiger partial charge in [0.1, 0.15) is 12.4 Å². The Morgan fingerprint density at radius 3 is 2.46 bits per heavy atom. The second kappa shape index (κ2) is 7.14. The summed E-state index contributed by atoms with van der Waals surface area (Å²) in [5.41, 5.74) is 0.421. The van der Waals surface area contributed by atoms with Crippen LogP contribution in [0, 0.1) is 5.41 Å². The SMILES string of the molecule is CC(C)(C)CCN1CCC(c2nnc(Cn3cccn3)n2C2CC2)CC1. The van der Waals surface area contributed by atoms with Crippen molar-refractivity contribution in [3.05, 3.63) is 30.1 Å². The zero-order valence-electron chi connectivity index (χ0n) is 16.4. The monoisotopic (exact) mass is 356 g/mol. The van der Waals surface area contributed by atoms with Gasteiger partial charge in [-0.1, -0.05) is 20.8 Å². The van der Waals surface area contributed by atoms with Crippen molar-refractivity contribution in [2.75, 3.05) is 19.6 Å². The lowest BCUT2D eigenvalue weighted by atomic mass is 9.90. The van der Waals surface area contributed by atoms with Gasteiger partial charge < -0.3 is 9.47 Å². The van der Waals surface area contributed by atoms with Gasteiger partial charge in [0.15, 0.2) is 5.82 Å². The Labute approximate surface area is 156 Å². The number of rotatable bonds is 6. The van der Waals surface area contributed by atoms with E-state index in [0.717, 1.165) is 12.4 Å². The highest BCUT2D eigenvalue weighted by Gasteiger charge is 2.33. The molecule has 0 N–H and O–H groups in total. The molecule has 2 aromatic rings. The Bertz CT molecular complexity index is 699. The lowest BCUT2D eigenvalue weighted by Gasteiger charge is -2.33. The molecule has 1 saturated heterocycles. The van der Waals surface area contributed by atoms with E-state index < -0.39 is 0 Å². The largest absolute Gasteiger partial charge is 0.310 e. The van der Waals surface area contributed by atoms with Crippen molar-refractivity contribution in [2.24, 2.45) is 5.41 Å². The van der Waals surface area contributed by atoms with Gasteiger partial charge in [0, 0.05) is 24.4 Å². The normalized spacial score (nSPS) is 20.0. The highest BCUT2D eigenvalue weighted by molar-refractivity contribution is 5.09. The van der Waals surface area contributed by atoms with Crippen molar-refractivity contribution in [3.63, 3.8) is 0 Å². The van der Waals surface area contributed by atoms with Crippen LogP contribution in [0.1, 0.15) is 76.5 Å². The summed E-state index contributed by atoms with van der Waals surface area (Å²) in [5, 5.41) is 13.5. The summed E-state index contributed by atoms with van der Waals surface area (Å²) in [5.74, 6) is 2.85. The van der Waals surface area contributed by atoms with E-state index in [1.54, 1.807) is 0 Å². The van der Waals surface area contributed by atoms with E-state index in [9.17, 15) is 0 Å². The van der Waals surface area contributed by atoms with Crippen molar-refractivity contribution in [1.82, 2.24) is 29.4 Å². The van der Waals surface area contributed by atoms with Gasteiger partial charge in [-0.05, 0) is 63.2 Å². The molecule has 0 amide bonds. The fourth-order valence-corrected chi connectivity index (χ4v) is 3.90. The third-order valence-electron chi connectivity index (χ3n) is 5.70. The van der Waals surface area contributed by atoms with E-state index in [-0.39, 0.29) is 0 Å². The predicted octanol–water partition coefficient (Wildman–Crippen LogP) is 3.47. The van der Waals surface area contributed by atoms with Crippen LogP contribution in [0.15, 0.2) is 18.5 Å². The lowest BCUT2D eigenvalue weighted by Crippen LogP contribution is -2.35. The van der Waals surface area contributed by atoms with Gasteiger partial charge in [0.2, 0.25) is 0 Å². The summed E-state index contributed by atoms with van der Waals surface area (Å²) < 4.78 is 4.39. The third-order valence-corrected chi connectivity index (χ3v) is 5.70. The molecule has 2 aliphatic rings. The van der Waals surface area contributed by atoms with E-state index in [4.69, 9.17) is 0 Å². The van der Waals surface area contributed by atoms with Gasteiger partial charge >= 0.3 is 0 Å². The number of aromatic nitrogens is 5. The van der Waals surface area contributed by atoms with Crippen LogP contribution in [-0.2, 0) is 6.54 Å². The molecule has 6 nitrogen and oxygen atoms in total. The second-order valence-corrected chi connectivity index (χ2v) is 9.21. The zero-order valence-corrected chi connectivity index (χ0v) is 16.4. The van der Waals surface area contributed by atoms with Crippen molar-refractivity contribution < 1.29 is 0 Å². The zero-order chi connectivity index (χ0) is 18.1. The molecule has 1 aliphatic heterocycles. The van der Waals surface area contributed by atoms with Crippen LogP contribution < -0.4 is 0 Å². The maximum Gasteiger partial charge on any atom is 0.155 e. The molecule has 3 heterocycles. The Kier molecular flexibility index (Phi) is 4.86. The fraction of sp³-hybridized carbons (Fsp3) is 0.750. The Morgan fingerprint density at radius 2 is 1.85 bits per heavy atom. The first kappa shape index (κ1) is 17.7. The van der Waals surface area contributed by atoms with Crippen molar-refractivity contribution >= 4 is 0 Å². The van der Waals surface area contributed by atoms with E-state index in [0.29, 0.717) is 17.4 Å². The van der Waals surface area contributed by atoms with Crippen LogP contribution in [0.25, 0.3) is 0 Å². The molecule has 4 rings (SSSR count). The molecule has 0 atom stereocenters. The minimum Gasteiger partial charge on any atom is -0.310 e. The molecule has 6 heteroatoms. The Balaban J connectivity index is 1.41. The molecular formula is C20H32N6. The fourth-order valence-electron chi connectivity index (χ4n) is 3.90. The smallest absolute Gasteiger partial charge is 0.155 e. The molecule has 1 aliphatic carbocycles. The van der Waals surface area contributed by atoms with Gasteiger partial charge in [-0.2, -0.15) is 5.10 Å². The molecular weight excluding hydrogens is 324 g/mol. The topological polar surface area (TPSA) is 51.8 Å². The minimum absolute atomic E-state index is 0.421. The van der Waals surface area contributed by atoms with E-state index in [2.05, 4.69) is 45.5 Å². The average Bonchev–Trinajstić information content (AvgIpc) is 3.15. The van der Waals surface area contributed by atoms with E-state index in [1.165, 1.54) is 57.6 Å². The molecule has 1 saturated carbocycles. The van der Waals surface area contributed by atoms with Crippen LogP contribution in [0.5, 0.6) is 0 Å². The van der Waals surface area contributed by atoms with Crippen LogP contribution in [0.3, 0.4) is 0 Å². The van der Waals surface area contributed by atoms with Crippen LogP contribution in [0.2, 0.25) is 0 Å². The van der Waals surface area contributed by atoms with Crippen LogP contribution in [-0.4, -0.2) is 49.1 Å². The first-order valence-electron chi connectivity index (χ1n) is 10.1. The first-order valence-corrected chi connectivity index (χ1v) is 10.1. The summed E-state index contributed by atoms with van der Waals surface area (Å²) >= 11 is 0. The van der Waals surface area contributed by atoms with E-state index in [1.807, 2.05) is 23.1 Å². The molecule has 2 aromatic heterocycles. The number of likely N-dealkylation sites (tertiary alicyclic amines) is 1. The number of hydrogen-bond donors (Lipinski definition) is 0. The summed E-state index contributed by atoms with van der Waals surface area (Å²) in [6.07, 6.45) is 10.0. The van der Waals surface area contributed by atoms with Crippen LogP contribution >= 0.6 is 0 Å².